The fourth-order valence-electron chi connectivity index (χ4n) is 1.99. The Bertz CT molecular complexity index is 516. The molecule has 0 aromatic carbocycles. The smallest absolute Gasteiger partial charge is 0.407 e. The topological polar surface area (TPSA) is 99.8 Å². The molecule has 1 aliphatic heterocycles. The van der Waals surface area contributed by atoms with Crippen LogP contribution in [0.3, 0.4) is 0 Å². The van der Waals surface area contributed by atoms with Gasteiger partial charge in [-0.25, -0.2) is 4.79 Å². The Hall–Kier alpha value is -2.09. The van der Waals surface area contributed by atoms with Gasteiger partial charge in [-0.15, -0.1) is 0 Å². The van der Waals surface area contributed by atoms with E-state index in [2.05, 4.69) is 4.98 Å². The van der Waals surface area contributed by atoms with Crippen molar-refractivity contribution in [2.45, 2.75) is 0 Å². The minimum Gasteiger partial charge on any atom is -0.465 e. The number of nitro groups is 1. The van der Waals surface area contributed by atoms with Gasteiger partial charge in [-0.3, -0.25) is 15.1 Å². The number of hydrogen-bond acceptors (Lipinski definition) is 5. The molecular weight excluding hydrogens is 276 g/mol. The highest BCUT2D eigenvalue weighted by molar-refractivity contribution is 6.33. The molecule has 2 rings (SSSR count). The summed E-state index contributed by atoms with van der Waals surface area (Å²) in [5.74, 6) is 0. The van der Waals surface area contributed by atoms with Crippen LogP contribution < -0.4 is 4.90 Å². The largest absolute Gasteiger partial charge is 0.465 e. The first-order valence-corrected chi connectivity index (χ1v) is 5.89. The summed E-state index contributed by atoms with van der Waals surface area (Å²) in [6, 6.07) is 0. The van der Waals surface area contributed by atoms with E-state index in [1.54, 1.807) is 4.90 Å². The van der Waals surface area contributed by atoms with Crippen molar-refractivity contribution >= 4 is 29.1 Å². The molecule has 8 nitrogen and oxygen atoms in total. The standard InChI is InChI=1S/C10H11ClN4O4/c11-7-5-12-6-8(15(18)19)9(7)13-1-3-14(4-2-13)10(16)17/h5-6H,1-4H2,(H,16,17). The first-order chi connectivity index (χ1) is 9.00. The zero-order valence-electron chi connectivity index (χ0n) is 9.82. The van der Waals surface area contributed by atoms with Gasteiger partial charge in [0.25, 0.3) is 0 Å². The minimum atomic E-state index is -0.991. The fraction of sp³-hybridized carbons (Fsp3) is 0.400. The van der Waals surface area contributed by atoms with Gasteiger partial charge in [-0.05, 0) is 0 Å². The molecule has 0 atom stereocenters. The van der Waals surface area contributed by atoms with Crippen LogP contribution in [0.4, 0.5) is 16.2 Å². The van der Waals surface area contributed by atoms with Gasteiger partial charge in [0, 0.05) is 32.4 Å². The first kappa shape index (κ1) is 13.3. The minimum absolute atomic E-state index is 0.170. The summed E-state index contributed by atoms with van der Waals surface area (Å²) >= 11 is 5.97. The predicted octanol–water partition coefficient (Wildman–Crippen LogP) is 1.44. The van der Waals surface area contributed by atoms with Crippen LogP contribution in [0, 0.1) is 10.1 Å². The van der Waals surface area contributed by atoms with Crippen molar-refractivity contribution in [1.82, 2.24) is 9.88 Å². The lowest BCUT2D eigenvalue weighted by Crippen LogP contribution is -2.48. The van der Waals surface area contributed by atoms with Crippen molar-refractivity contribution in [2.75, 3.05) is 31.1 Å². The zero-order valence-corrected chi connectivity index (χ0v) is 10.6. The molecule has 9 heteroatoms. The third kappa shape index (κ3) is 2.68. The molecule has 0 radical (unpaired) electrons. The predicted molar refractivity (Wildman–Crippen MR) is 67.7 cm³/mol. The second kappa shape index (κ2) is 5.27. The second-order valence-corrected chi connectivity index (χ2v) is 4.41. The van der Waals surface area contributed by atoms with Crippen LogP contribution in [0.1, 0.15) is 0 Å². The number of aromatic nitrogens is 1. The Kier molecular flexibility index (Phi) is 3.70. The maximum atomic E-state index is 11.0. The molecule has 0 unspecified atom stereocenters. The molecular formula is C10H11ClN4O4. The number of carboxylic acid groups (broad SMARTS) is 1. The lowest BCUT2D eigenvalue weighted by molar-refractivity contribution is -0.384. The monoisotopic (exact) mass is 286 g/mol. The highest BCUT2D eigenvalue weighted by atomic mass is 35.5. The van der Waals surface area contributed by atoms with E-state index in [1.807, 2.05) is 0 Å². The number of rotatable bonds is 2. The van der Waals surface area contributed by atoms with Crippen LogP contribution in [0.2, 0.25) is 5.02 Å². The SMILES string of the molecule is O=C(O)N1CCN(c2c(Cl)cncc2[N+](=O)[O-])CC1. The Labute approximate surface area is 113 Å². The lowest BCUT2D eigenvalue weighted by Gasteiger charge is -2.34. The van der Waals surface area contributed by atoms with Gasteiger partial charge < -0.3 is 14.9 Å². The van der Waals surface area contributed by atoms with Crippen molar-refractivity contribution < 1.29 is 14.8 Å². The number of amides is 1. The summed E-state index contributed by atoms with van der Waals surface area (Å²) in [5, 5.41) is 20.0. The average Bonchev–Trinajstić information content (AvgIpc) is 2.38. The van der Waals surface area contributed by atoms with Gasteiger partial charge in [0.2, 0.25) is 0 Å². The molecule has 1 amide bonds. The summed E-state index contributed by atoms with van der Waals surface area (Å²) in [7, 11) is 0. The van der Waals surface area contributed by atoms with Crippen molar-refractivity contribution in [3.8, 4) is 0 Å². The number of pyridine rings is 1. The second-order valence-electron chi connectivity index (χ2n) is 4.00. The van der Waals surface area contributed by atoms with Gasteiger partial charge in [-0.1, -0.05) is 11.6 Å². The summed E-state index contributed by atoms with van der Waals surface area (Å²) in [6.45, 7) is 1.28. The van der Waals surface area contributed by atoms with Gasteiger partial charge in [0.15, 0.2) is 0 Å². The van der Waals surface area contributed by atoms with Gasteiger partial charge >= 0.3 is 11.8 Å². The van der Waals surface area contributed by atoms with Crippen molar-refractivity contribution in [2.24, 2.45) is 0 Å². The van der Waals surface area contributed by atoms with Gasteiger partial charge in [0.05, 0.1) is 9.95 Å². The number of nitrogens with zero attached hydrogens (tertiary/aromatic N) is 4. The number of anilines is 1. The average molecular weight is 287 g/mol. The van der Waals surface area contributed by atoms with Crippen molar-refractivity contribution in [1.29, 1.82) is 0 Å². The Balaban J connectivity index is 2.24. The number of piperazine rings is 1. The third-order valence-corrected chi connectivity index (χ3v) is 3.19. The van der Waals surface area contributed by atoms with E-state index >= 15 is 0 Å². The number of halogens is 1. The van der Waals surface area contributed by atoms with E-state index in [0.717, 1.165) is 6.20 Å². The van der Waals surface area contributed by atoms with Crippen LogP contribution >= 0.6 is 11.6 Å². The Morgan fingerprint density at radius 3 is 2.53 bits per heavy atom. The normalized spacial score (nSPS) is 15.4. The molecule has 1 aromatic heterocycles. The molecule has 102 valence electrons. The van der Waals surface area contributed by atoms with Crippen LogP contribution in [0.25, 0.3) is 0 Å². The first-order valence-electron chi connectivity index (χ1n) is 5.51. The van der Waals surface area contributed by atoms with Gasteiger partial charge in [0.1, 0.15) is 11.9 Å². The van der Waals surface area contributed by atoms with Gasteiger partial charge in [-0.2, -0.15) is 0 Å². The Morgan fingerprint density at radius 1 is 1.37 bits per heavy atom. The molecule has 0 aliphatic carbocycles. The molecule has 1 saturated heterocycles. The van der Waals surface area contributed by atoms with E-state index in [4.69, 9.17) is 16.7 Å². The third-order valence-electron chi connectivity index (χ3n) is 2.92. The zero-order chi connectivity index (χ0) is 14.0. The lowest BCUT2D eigenvalue weighted by atomic mass is 10.2. The van der Waals surface area contributed by atoms with Crippen molar-refractivity contribution in [3.63, 3.8) is 0 Å². The van der Waals surface area contributed by atoms with Crippen molar-refractivity contribution in [3.05, 3.63) is 27.5 Å². The molecule has 0 spiro atoms. The van der Waals surface area contributed by atoms with Crippen LogP contribution in [-0.4, -0.2) is 52.2 Å². The van der Waals surface area contributed by atoms with E-state index in [-0.39, 0.29) is 23.8 Å². The van der Waals surface area contributed by atoms with E-state index in [1.165, 1.54) is 11.1 Å². The Morgan fingerprint density at radius 2 is 2.00 bits per heavy atom. The molecule has 1 aliphatic rings. The van der Waals surface area contributed by atoms with Crippen LogP contribution in [0.5, 0.6) is 0 Å². The maximum absolute atomic E-state index is 11.0. The maximum Gasteiger partial charge on any atom is 0.407 e. The van der Waals surface area contributed by atoms with E-state index < -0.39 is 11.0 Å². The number of carbonyl (C=O) groups is 1. The van der Waals surface area contributed by atoms with E-state index in [0.29, 0.717) is 18.8 Å². The molecule has 0 saturated carbocycles. The summed E-state index contributed by atoms with van der Waals surface area (Å²) in [5.41, 5.74) is 0.128. The molecule has 1 aromatic rings. The quantitative estimate of drug-likeness (QED) is 0.652. The highest BCUT2D eigenvalue weighted by Crippen LogP contribution is 2.34. The summed E-state index contributed by atoms with van der Waals surface area (Å²) < 4.78 is 0. The highest BCUT2D eigenvalue weighted by Gasteiger charge is 2.27. The summed E-state index contributed by atoms with van der Waals surface area (Å²) in [6.07, 6.45) is 1.49. The summed E-state index contributed by atoms with van der Waals surface area (Å²) in [4.78, 5) is 27.9. The fourth-order valence-corrected chi connectivity index (χ4v) is 2.26. The molecule has 1 N–H and O–H groups in total. The van der Waals surface area contributed by atoms with Crippen LogP contribution in [-0.2, 0) is 0 Å². The number of hydrogen-bond donors (Lipinski definition) is 1. The molecule has 0 bridgehead atoms. The molecule has 2 heterocycles. The van der Waals surface area contributed by atoms with E-state index in [9.17, 15) is 14.9 Å². The van der Waals surface area contributed by atoms with Crippen LogP contribution in [0.15, 0.2) is 12.4 Å². The molecule has 1 fully saturated rings. The molecule has 19 heavy (non-hydrogen) atoms.